The fraction of sp³-hybridized carbons (Fsp3) is 0.607. The van der Waals surface area contributed by atoms with Crippen molar-refractivity contribution in [2.75, 3.05) is 39.3 Å². The number of aliphatic hydroxyl groups is 1. The zero-order chi connectivity index (χ0) is 27.3. The van der Waals surface area contributed by atoms with Gasteiger partial charge in [-0.2, -0.15) is 18.3 Å². The molecule has 39 heavy (non-hydrogen) atoms. The van der Waals surface area contributed by atoms with Gasteiger partial charge in [0, 0.05) is 51.1 Å². The third-order valence-corrected chi connectivity index (χ3v) is 8.72. The predicted molar refractivity (Wildman–Crippen MR) is 136 cm³/mol. The van der Waals surface area contributed by atoms with Gasteiger partial charge in [-0.05, 0) is 50.2 Å². The average Bonchev–Trinajstić information content (AvgIpc) is 3.30. The van der Waals surface area contributed by atoms with Crippen LogP contribution in [0.3, 0.4) is 0 Å². The van der Waals surface area contributed by atoms with E-state index >= 15 is 0 Å². The van der Waals surface area contributed by atoms with Gasteiger partial charge in [0.2, 0.25) is 0 Å². The Bertz CT molecular complexity index is 1240. The number of hydrogen-bond donors (Lipinski definition) is 1. The van der Waals surface area contributed by atoms with Gasteiger partial charge in [-0.3, -0.25) is 9.48 Å². The maximum atomic E-state index is 13.6. The second-order valence-corrected chi connectivity index (χ2v) is 11.4. The molecule has 0 radical (unpaired) electrons. The van der Waals surface area contributed by atoms with E-state index in [1.807, 2.05) is 9.58 Å². The molecular weight excluding hydrogens is 511 g/mol. The maximum Gasteiger partial charge on any atom is 0.416 e. The van der Waals surface area contributed by atoms with E-state index in [-0.39, 0.29) is 41.9 Å². The summed E-state index contributed by atoms with van der Waals surface area (Å²) in [5, 5.41) is 14.4. The highest BCUT2D eigenvalue weighted by Crippen LogP contribution is 2.44. The van der Waals surface area contributed by atoms with Crippen LogP contribution in [-0.4, -0.2) is 86.9 Å². The Hall–Kier alpha value is -3.08. The van der Waals surface area contributed by atoms with Crippen LogP contribution in [0.1, 0.15) is 83.6 Å². The van der Waals surface area contributed by atoms with Gasteiger partial charge in [0.1, 0.15) is 0 Å². The molecule has 1 aliphatic carbocycles. The standard InChI is InChI=1S/C28H34F3N5O3/c29-28(30,31)24-4-2-1-3-22(24)19-7-11-34(16-19)26(38)23-15-32-36(25(23)18-5-6-18)20-8-12-33(13-9-20)27(39)35-14-10-21(37)17-35/h1-4,15,18-21,37H,5-14,16-17H2/t19?,21-/m0/s1. The van der Waals surface area contributed by atoms with Crippen LogP contribution in [0.5, 0.6) is 0 Å². The number of carbonyl (C=O) groups is 2. The van der Waals surface area contributed by atoms with E-state index in [1.54, 1.807) is 22.1 Å². The smallest absolute Gasteiger partial charge is 0.391 e. The fourth-order valence-electron chi connectivity index (χ4n) is 6.49. The number of β-amino-alcohol motifs (C(OH)–C–C–N with tert-alkyl or cyclic N) is 1. The van der Waals surface area contributed by atoms with Gasteiger partial charge in [0.15, 0.2) is 0 Å². The molecule has 3 saturated heterocycles. The van der Waals surface area contributed by atoms with Gasteiger partial charge in [0.25, 0.3) is 5.91 Å². The van der Waals surface area contributed by atoms with E-state index in [0.717, 1.165) is 37.4 Å². The normalized spacial score (nSPS) is 24.6. The predicted octanol–water partition coefficient (Wildman–Crippen LogP) is 4.23. The number of nitrogens with zero attached hydrogens (tertiary/aromatic N) is 5. The third kappa shape index (κ3) is 5.13. The highest BCUT2D eigenvalue weighted by Gasteiger charge is 2.40. The number of carbonyl (C=O) groups excluding carboxylic acids is 2. The van der Waals surface area contributed by atoms with Crippen molar-refractivity contribution in [3.05, 3.63) is 52.8 Å². The molecule has 1 saturated carbocycles. The Morgan fingerprint density at radius 1 is 0.846 bits per heavy atom. The second kappa shape index (κ2) is 10.1. The molecule has 210 valence electrons. The Morgan fingerprint density at radius 2 is 1.54 bits per heavy atom. The lowest BCUT2D eigenvalue weighted by molar-refractivity contribution is -0.138. The first-order valence-electron chi connectivity index (χ1n) is 14.0. The molecule has 4 heterocycles. The van der Waals surface area contributed by atoms with Gasteiger partial charge in [-0.1, -0.05) is 18.2 Å². The summed E-state index contributed by atoms with van der Waals surface area (Å²) in [5.41, 5.74) is 1.13. The number of aromatic nitrogens is 2. The molecular formula is C28H34F3N5O3. The van der Waals surface area contributed by atoms with Crippen LogP contribution in [0.4, 0.5) is 18.0 Å². The van der Waals surface area contributed by atoms with Gasteiger partial charge in [0.05, 0.1) is 35.2 Å². The summed E-state index contributed by atoms with van der Waals surface area (Å²) in [4.78, 5) is 31.7. The van der Waals surface area contributed by atoms with E-state index < -0.39 is 17.8 Å². The SMILES string of the molecule is O=C(c1cnn(C2CCN(C(=O)N3CC[C@H](O)C3)CC2)c1C1CC1)N1CCC(c2ccccc2C(F)(F)F)C1. The first-order valence-corrected chi connectivity index (χ1v) is 14.0. The number of urea groups is 1. The Kier molecular flexibility index (Phi) is 6.81. The molecule has 4 aliphatic rings. The maximum absolute atomic E-state index is 13.6. The Balaban J connectivity index is 1.14. The van der Waals surface area contributed by atoms with Crippen molar-refractivity contribution in [3.63, 3.8) is 0 Å². The summed E-state index contributed by atoms with van der Waals surface area (Å²) >= 11 is 0. The van der Waals surface area contributed by atoms with E-state index in [9.17, 15) is 27.9 Å². The van der Waals surface area contributed by atoms with Crippen LogP contribution < -0.4 is 0 Å². The minimum absolute atomic E-state index is 0.0283. The van der Waals surface area contributed by atoms with Crippen LogP contribution in [0, 0.1) is 0 Å². The third-order valence-electron chi connectivity index (χ3n) is 8.72. The number of aliphatic hydroxyl groups excluding tert-OH is 1. The van der Waals surface area contributed by atoms with E-state index in [4.69, 9.17) is 0 Å². The molecule has 0 spiro atoms. The number of hydrogen-bond acceptors (Lipinski definition) is 4. The van der Waals surface area contributed by atoms with Crippen molar-refractivity contribution < 1.29 is 27.9 Å². The largest absolute Gasteiger partial charge is 0.416 e. The van der Waals surface area contributed by atoms with Crippen molar-refractivity contribution in [1.29, 1.82) is 0 Å². The van der Waals surface area contributed by atoms with E-state index in [2.05, 4.69) is 5.10 Å². The second-order valence-electron chi connectivity index (χ2n) is 11.4. The first-order chi connectivity index (χ1) is 18.7. The van der Waals surface area contributed by atoms with Crippen molar-refractivity contribution in [2.24, 2.45) is 0 Å². The number of piperidine rings is 1. The molecule has 4 fully saturated rings. The minimum Gasteiger partial charge on any atom is -0.391 e. The Morgan fingerprint density at radius 3 is 2.21 bits per heavy atom. The number of amides is 3. The molecule has 1 unspecified atom stereocenters. The molecule has 1 aromatic carbocycles. The lowest BCUT2D eigenvalue weighted by Gasteiger charge is -2.35. The van der Waals surface area contributed by atoms with Gasteiger partial charge in [-0.15, -0.1) is 0 Å². The average molecular weight is 546 g/mol. The monoisotopic (exact) mass is 545 g/mol. The summed E-state index contributed by atoms with van der Waals surface area (Å²) in [5.74, 6) is -0.248. The van der Waals surface area contributed by atoms with E-state index in [0.29, 0.717) is 51.1 Å². The summed E-state index contributed by atoms with van der Waals surface area (Å²) < 4.78 is 42.7. The topological polar surface area (TPSA) is 81.9 Å². The number of likely N-dealkylation sites (tertiary alicyclic amines) is 3. The van der Waals surface area contributed by atoms with Gasteiger partial charge < -0.3 is 19.8 Å². The molecule has 3 aliphatic heterocycles. The van der Waals surface area contributed by atoms with Crippen LogP contribution >= 0.6 is 0 Å². The number of halogens is 3. The summed E-state index contributed by atoms with van der Waals surface area (Å²) in [7, 11) is 0. The molecule has 6 rings (SSSR count). The highest BCUT2D eigenvalue weighted by molar-refractivity contribution is 5.95. The first kappa shape index (κ1) is 26.2. The van der Waals surface area contributed by atoms with E-state index in [1.165, 1.54) is 12.1 Å². The number of benzene rings is 1. The molecule has 11 heteroatoms. The van der Waals surface area contributed by atoms with Crippen molar-refractivity contribution >= 4 is 11.9 Å². The summed E-state index contributed by atoms with van der Waals surface area (Å²) in [6.45, 7) is 2.82. The van der Waals surface area contributed by atoms with Crippen LogP contribution in [0.2, 0.25) is 0 Å². The molecule has 8 nitrogen and oxygen atoms in total. The number of alkyl halides is 3. The lowest BCUT2D eigenvalue weighted by atomic mass is 9.93. The van der Waals surface area contributed by atoms with Crippen molar-refractivity contribution in [3.8, 4) is 0 Å². The number of rotatable bonds is 4. The fourth-order valence-corrected chi connectivity index (χ4v) is 6.49. The molecule has 1 N–H and O–H groups in total. The molecule has 0 bridgehead atoms. The Labute approximate surface area is 225 Å². The molecule has 2 aromatic rings. The molecule has 1 aromatic heterocycles. The molecule has 3 amide bonds. The zero-order valence-corrected chi connectivity index (χ0v) is 21.8. The van der Waals surface area contributed by atoms with Gasteiger partial charge in [-0.25, -0.2) is 4.79 Å². The minimum atomic E-state index is -4.43. The van der Waals surface area contributed by atoms with Crippen LogP contribution in [-0.2, 0) is 6.18 Å². The van der Waals surface area contributed by atoms with Crippen LogP contribution in [0.25, 0.3) is 0 Å². The van der Waals surface area contributed by atoms with Crippen molar-refractivity contribution in [1.82, 2.24) is 24.5 Å². The quantitative estimate of drug-likeness (QED) is 0.624. The summed E-state index contributed by atoms with van der Waals surface area (Å²) in [6, 6.07) is 5.72. The zero-order valence-electron chi connectivity index (χ0n) is 21.8. The molecule has 2 atom stereocenters. The van der Waals surface area contributed by atoms with Gasteiger partial charge >= 0.3 is 12.2 Å². The van der Waals surface area contributed by atoms with Crippen LogP contribution in [0.15, 0.2) is 30.5 Å². The summed E-state index contributed by atoms with van der Waals surface area (Å²) in [6.07, 6.45) is 1.31. The van der Waals surface area contributed by atoms with Crippen molar-refractivity contribution in [2.45, 2.75) is 68.7 Å². The highest BCUT2D eigenvalue weighted by atomic mass is 19.4. The lowest BCUT2D eigenvalue weighted by Crippen LogP contribution is -2.46.